The number of aromatic nitrogens is 2. The molecule has 0 atom stereocenters. The zero-order valence-electron chi connectivity index (χ0n) is 17.1. The van der Waals surface area contributed by atoms with Crippen LogP contribution in [0.1, 0.15) is 19.4 Å². The van der Waals surface area contributed by atoms with E-state index in [0.717, 1.165) is 42.8 Å². The monoisotopic (exact) mass is 380 g/mol. The van der Waals surface area contributed by atoms with Crippen LogP contribution < -0.4 is 9.47 Å². The minimum absolute atomic E-state index is 0.682. The van der Waals surface area contributed by atoms with E-state index < -0.39 is 0 Å². The van der Waals surface area contributed by atoms with Gasteiger partial charge in [-0.2, -0.15) is 0 Å². The van der Waals surface area contributed by atoms with Crippen LogP contribution in [0.2, 0.25) is 0 Å². The van der Waals surface area contributed by atoms with E-state index in [2.05, 4.69) is 34.4 Å². The Balaban J connectivity index is 1.91. The van der Waals surface area contributed by atoms with Gasteiger partial charge in [0.1, 0.15) is 0 Å². The van der Waals surface area contributed by atoms with Crippen molar-refractivity contribution in [1.82, 2.24) is 14.5 Å². The molecule has 1 heterocycles. The third-order valence-electron chi connectivity index (χ3n) is 4.91. The van der Waals surface area contributed by atoms with Gasteiger partial charge in [-0.15, -0.1) is 0 Å². The Morgan fingerprint density at radius 3 is 2.50 bits per heavy atom. The lowest BCUT2D eigenvalue weighted by molar-refractivity contribution is 0.292. The molecule has 3 aromatic rings. The number of hydrogen-bond donors (Lipinski definition) is 0. The number of ether oxygens (including phenoxy) is 2. The summed E-state index contributed by atoms with van der Waals surface area (Å²) in [6, 6.07) is 13.9. The molecular formula is C22H28N4O2. The second kappa shape index (κ2) is 9.37. The van der Waals surface area contributed by atoms with Crippen LogP contribution >= 0.6 is 0 Å². The maximum atomic E-state index is 5.38. The molecule has 0 bridgehead atoms. The zero-order chi connectivity index (χ0) is 19.9. The van der Waals surface area contributed by atoms with Gasteiger partial charge in [0.2, 0.25) is 5.95 Å². The van der Waals surface area contributed by atoms with Gasteiger partial charge in [-0.3, -0.25) is 0 Å². The number of benzene rings is 2. The first-order valence-electron chi connectivity index (χ1n) is 9.63. The molecule has 0 saturated heterocycles. The van der Waals surface area contributed by atoms with Crippen LogP contribution in [0, 0.1) is 0 Å². The van der Waals surface area contributed by atoms with Gasteiger partial charge in [0.05, 0.1) is 25.3 Å². The average Bonchev–Trinajstić information content (AvgIpc) is 3.10. The predicted octanol–water partition coefficient (Wildman–Crippen LogP) is 4.15. The van der Waals surface area contributed by atoms with Gasteiger partial charge in [0.15, 0.2) is 11.5 Å². The number of methoxy groups -OCH3 is 2. The Morgan fingerprint density at radius 2 is 1.79 bits per heavy atom. The molecule has 6 heteroatoms. The molecule has 0 aliphatic rings. The van der Waals surface area contributed by atoms with Gasteiger partial charge in [-0.1, -0.05) is 26.0 Å². The van der Waals surface area contributed by atoms with Crippen LogP contribution in [-0.4, -0.2) is 54.5 Å². The normalized spacial score (nSPS) is 11.6. The number of imidazole rings is 1. The number of fused-ring (bicyclic) bond motifs is 1. The van der Waals surface area contributed by atoms with E-state index in [9.17, 15) is 0 Å². The second-order valence-corrected chi connectivity index (χ2v) is 6.45. The minimum Gasteiger partial charge on any atom is -0.493 e. The van der Waals surface area contributed by atoms with E-state index in [1.54, 1.807) is 14.2 Å². The summed E-state index contributed by atoms with van der Waals surface area (Å²) in [6.45, 7) is 8.26. The first-order chi connectivity index (χ1) is 13.7. The smallest absolute Gasteiger partial charge is 0.230 e. The minimum atomic E-state index is 0.682. The van der Waals surface area contributed by atoms with Crippen molar-refractivity contribution >= 4 is 23.2 Å². The molecule has 0 saturated carbocycles. The highest BCUT2D eigenvalue weighted by Crippen LogP contribution is 2.27. The molecule has 6 nitrogen and oxygen atoms in total. The topological polar surface area (TPSA) is 51.9 Å². The summed E-state index contributed by atoms with van der Waals surface area (Å²) in [4.78, 5) is 11.8. The number of aliphatic imine (C=N–C) groups is 1. The maximum Gasteiger partial charge on any atom is 0.230 e. The largest absolute Gasteiger partial charge is 0.493 e. The third-order valence-corrected chi connectivity index (χ3v) is 4.91. The Labute approximate surface area is 166 Å². The summed E-state index contributed by atoms with van der Waals surface area (Å²) >= 11 is 0. The van der Waals surface area contributed by atoms with Gasteiger partial charge >= 0.3 is 0 Å². The number of rotatable bonds is 9. The van der Waals surface area contributed by atoms with Crippen molar-refractivity contribution in [2.75, 3.05) is 33.9 Å². The zero-order valence-corrected chi connectivity index (χ0v) is 17.1. The highest BCUT2D eigenvalue weighted by atomic mass is 16.5. The standard InChI is InChI=1S/C22H28N4O2/c1-5-25(6-2)13-14-26-19-10-8-7-9-18(19)24-22(26)23-16-17-11-12-20(27-3)21(15-17)28-4/h7-12,15-16H,5-6,13-14H2,1-4H3. The van der Waals surface area contributed by atoms with Crippen molar-refractivity contribution in [1.29, 1.82) is 0 Å². The van der Waals surface area contributed by atoms with E-state index in [0.29, 0.717) is 17.4 Å². The first-order valence-corrected chi connectivity index (χ1v) is 9.63. The number of nitrogens with zero attached hydrogens (tertiary/aromatic N) is 4. The van der Waals surface area contributed by atoms with E-state index in [1.165, 1.54) is 0 Å². The number of hydrogen-bond acceptors (Lipinski definition) is 5. The quantitative estimate of drug-likeness (QED) is 0.524. The van der Waals surface area contributed by atoms with E-state index >= 15 is 0 Å². The van der Waals surface area contributed by atoms with Crippen LogP contribution in [0.5, 0.6) is 11.5 Å². The van der Waals surface area contributed by atoms with Gasteiger partial charge in [-0.25, -0.2) is 9.98 Å². The van der Waals surface area contributed by atoms with Gasteiger partial charge in [0.25, 0.3) is 0 Å². The summed E-state index contributed by atoms with van der Waals surface area (Å²) < 4.78 is 12.9. The van der Waals surface area contributed by atoms with Crippen molar-refractivity contribution in [3.05, 3.63) is 48.0 Å². The van der Waals surface area contributed by atoms with Crippen molar-refractivity contribution < 1.29 is 9.47 Å². The molecule has 0 amide bonds. The molecule has 0 spiro atoms. The lowest BCUT2D eigenvalue weighted by Gasteiger charge is -2.18. The molecule has 0 fully saturated rings. The summed E-state index contributed by atoms with van der Waals surface area (Å²) in [6.07, 6.45) is 1.82. The molecule has 0 aliphatic heterocycles. The van der Waals surface area contributed by atoms with Crippen LogP contribution in [0.4, 0.5) is 5.95 Å². The molecule has 0 aliphatic carbocycles. The van der Waals surface area contributed by atoms with Gasteiger partial charge < -0.3 is 18.9 Å². The van der Waals surface area contributed by atoms with E-state index in [1.807, 2.05) is 42.6 Å². The van der Waals surface area contributed by atoms with Crippen LogP contribution in [0.15, 0.2) is 47.5 Å². The fourth-order valence-electron chi connectivity index (χ4n) is 3.23. The summed E-state index contributed by atoms with van der Waals surface area (Å²) in [5, 5.41) is 0. The molecule has 0 unspecified atom stereocenters. The summed E-state index contributed by atoms with van der Waals surface area (Å²) in [7, 11) is 3.26. The van der Waals surface area contributed by atoms with Crippen molar-refractivity contribution in [2.45, 2.75) is 20.4 Å². The maximum absolute atomic E-state index is 5.38. The van der Waals surface area contributed by atoms with Crippen LogP contribution in [0.3, 0.4) is 0 Å². The number of likely N-dealkylation sites (N-methyl/N-ethyl adjacent to an activating group) is 1. The summed E-state index contributed by atoms with van der Waals surface area (Å²) in [5.74, 6) is 2.09. The molecule has 1 aromatic heterocycles. The molecule has 0 N–H and O–H groups in total. The highest BCUT2D eigenvalue weighted by molar-refractivity contribution is 5.84. The molecule has 148 valence electrons. The molecule has 2 aromatic carbocycles. The lowest BCUT2D eigenvalue weighted by atomic mass is 10.2. The third kappa shape index (κ3) is 4.34. The van der Waals surface area contributed by atoms with Crippen molar-refractivity contribution in [3.63, 3.8) is 0 Å². The Morgan fingerprint density at radius 1 is 1.04 bits per heavy atom. The average molecular weight is 380 g/mol. The highest BCUT2D eigenvalue weighted by Gasteiger charge is 2.11. The van der Waals surface area contributed by atoms with Gasteiger partial charge in [-0.05, 0) is 49.0 Å². The van der Waals surface area contributed by atoms with Crippen molar-refractivity contribution in [3.8, 4) is 11.5 Å². The molecule has 28 heavy (non-hydrogen) atoms. The van der Waals surface area contributed by atoms with Crippen molar-refractivity contribution in [2.24, 2.45) is 4.99 Å². The Kier molecular flexibility index (Phi) is 6.66. The molecule has 0 radical (unpaired) electrons. The molecule has 3 rings (SSSR count). The van der Waals surface area contributed by atoms with Gasteiger partial charge in [0, 0.05) is 19.3 Å². The predicted molar refractivity (Wildman–Crippen MR) is 114 cm³/mol. The number of para-hydroxylation sites is 2. The van der Waals surface area contributed by atoms with E-state index in [4.69, 9.17) is 14.5 Å². The Bertz CT molecular complexity index is 945. The van der Waals surface area contributed by atoms with Crippen LogP contribution in [0.25, 0.3) is 11.0 Å². The first kappa shape index (κ1) is 19.9. The fraction of sp³-hybridized carbons (Fsp3) is 0.364. The summed E-state index contributed by atoms with van der Waals surface area (Å²) in [5.41, 5.74) is 3.00. The van der Waals surface area contributed by atoms with Crippen LogP contribution in [-0.2, 0) is 6.54 Å². The second-order valence-electron chi connectivity index (χ2n) is 6.45. The SMILES string of the molecule is CCN(CC)CCn1c(N=Cc2ccc(OC)c(OC)c2)nc2ccccc21. The van der Waals surface area contributed by atoms with E-state index in [-0.39, 0.29) is 0 Å². The Hall–Kier alpha value is -2.86. The fourth-order valence-corrected chi connectivity index (χ4v) is 3.23. The molecular weight excluding hydrogens is 352 g/mol. The lowest BCUT2D eigenvalue weighted by Crippen LogP contribution is -2.26.